The number of hydrogen-bond donors (Lipinski definition) is 2. The molecule has 1 amide bonds. The first kappa shape index (κ1) is 19.1. The maximum absolute atomic E-state index is 12.2. The van der Waals surface area contributed by atoms with Crippen molar-refractivity contribution in [2.75, 3.05) is 7.11 Å². The van der Waals surface area contributed by atoms with Crippen LogP contribution in [0.1, 0.15) is 49.4 Å². The van der Waals surface area contributed by atoms with E-state index in [1.54, 1.807) is 19.1 Å². The van der Waals surface area contributed by atoms with Gasteiger partial charge in [0.1, 0.15) is 0 Å². The standard InChI is InChI=1S/C17H21N5O4/c1-10(11-6-7-14(26-5)13(8-11)22(24)25)18-21-16(23)12-9-15(20-19-12)17(2,3)4/h6-9H,1-5H3,(H,19,20)(H,21,23)/b18-10+. The summed E-state index contributed by atoms with van der Waals surface area (Å²) in [5.74, 6) is -0.319. The number of H-pyrrole nitrogens is 1. The van der Waals surface area contributed by atoms with E-state index in [0.717, 1.165) is 5.69 Å². The molecule has 0 spiro atoms. The van der Waals surface area contributed by atoms with E-state index in [1.165, 1.54) is 19.2 Å². The molecule has 0 unspecified atom stereocenters. The van der Waals surface area contributed by atoms with E-state index in [1.807, 2.05) is 20.8 Å². The van der Waals surface area contributed by atoms with Gasteiger partial charge in [-0.1, -0.05) is 20.8 Å². The van der Waals surface area contributed by atoms with Gasteiger partial charge in [-0.05, 0) is 25.1 Å². The highest BCUT2D eigenvalue weighted by molar-refractivity contribution is 6.01. The lowest BCUT2D eigenvalue weighted by Gasteiger charge is -2.14. The van der Waals surface area contributed by atoms with E-state index in [9.17, 15) is 14.9 Å². The van der Waals surface area contributed by atoms with Crippen LogP contribution in [0.15, 0.2) is 29.4 Å². The van der Waals surface area contributed by atoms with Gasteiger partial charge in [0.2, 0.25) is 0 Å². The number of nitrogens with one attached hydrogen (secondary N) is 2. The summed E-state index contributed by atoms with van der Waals surface area (Å²) in [4.78, 5) is 22.7. The number of methoxy groups -OCH3 is 1. The van der Waals surface area contributed by atoms with Gasteiger partial charge in [0, 0.05) is 22.7 Å². The van der Waals surface area contributed by atoms with Crippen molar-refractivity contribution in [1.29, 1.82) is 0 Å². The molecule has 0 saturated carbocycles. The minimum Gasteiger partial charge on any atom is -0.490 e. The number of hydrogen-bond acceptors (Lipinski definition) is 6. The number of benzene rings is 1. The monoisotopic (exact) mass is 359 g/mol. The first-order chi connectivity index (χ1) is 12.1. The molecule has 0 aliphatic carbocycles. The number of carbonyl (C=O) groups excluding carboxylic acids is 1. The van der Waals surface area contributed by atoms with Crippen LogP contribution in [0.25, 0.3) is 0 Å². The molecule has 1 aromatic heterocycles. The Morgan fingerprint density at radius 3 is 2.58 bits per heavy atom. The number of nitrogens with zero attached hydrogens (tertiary/aromatic N) is 3. The fourth-order valence-corrected chi connectivity index (χ4v) is 2.14. The highest BCUT2D eigenvalue weighted by Crippen LogP contribution is 2.27. The number of aromatic nitrogens is 2. The molecule has 0 saturated heterocycles. The summed E-state index contributed by atoms with van der Waals surface area (Å²) >= 11 is 0. The van der Waals surface area contributed by atoms with Crippen LogP contribution in [0.4, 0.5) is 5.69 Å². The van der Waals surface area contributed by atoms with Crippen LogP contribution in [0.5, 0.6) is 5.75 Å². The molecular formula is C17H21N5O4. The molecule has 2 aromatic rings. The molecule has 0 aliphatic rings. The Balaban J connectivity index is 2.17. The first-order valence-corrected chi connectivity index (χ1v) is 7.87. The maximum Gasteiger partial charge on any atom is 0.311 e. The highest BCUT2D eigenvalue weighted by Gasteiger charge is 2.19. The number of carbonyl (C=O) groups is 1. The Kier molecular flexibility index (Phi) is 5.39. The lowest BCUT2D eigenvalue weighted by atomic mass is 9.92. The summed E-state index contributed by atoms with van der Waals surface area (Å²) < 4.78 is 4.96. The first-order valence-electron chi connectivity index (χ1n) is 7.87. The molecule has 138 valence electrons. The van der Waals surface area contributed by atoms with Crippen molar-refractivity contribution >= 4 is 17.3 Å². The number of hydrazone groups is 1. The van der Waals surface area contributed by atoms with Crippen LogP contribution in [0.2, 0.25) is 0 Å². The van der Waals surface area contributed by atoms with Crippen molar-refractivity contribution in [2.45, 2.75) is 33.1 Å². The Morgan fingerprint density at radius 2 is 2.04 bits per heavy atom. The Labute approximate surface area is 150 Å². The van der Waals surface area contributed by atoms with Crippen molar-refractivity contribution in [3.63, 3.8) is 0 Å². The van der Waals surface area contributed by atoms with Crippen LogP contribution >= 0.6 is 0 Å². The average molecular weight is 359 g/mol. The molecule has 0 fully saturated rings. The highest BCUT2D eigenvalue weighted by atomic mass is 16.6. The van der Waals surface area contributed by atoms with E-state index >= 15 is 0 Å². The molecule has 9 heteroatoms. The minimum atomic E-state index is -0.536. The zero-order valence-corrected chi connectivity index (χ0v) is 15.3. The lowest BCUT2D eigenvalue weighted by molar-refractivity contribution is -0.385. The number of aromatic amines is 1. The van der Waals surface area contributed by atoms with E-state index in [-0.39, 0.29) is 22.5 Å². The Hall–Kier alpha value is -3.23. The van der Waals surface area contributed by atoms with Crippen LogP contribution < -0.4 is 10.2 Å². The second-order valence-corrected chi connectivity index (χ2v) is 6.70. The Bertz CT molecular complexity index is 864. The molecule has 9 nitrogen and oxygen atoms in total. The minimum absolute atomic E-state index is 0.154. The van der Waals surface area contributed by atoms with Crippen molar-refractivity contribution in [1.82, 2.24) is 15.6 Å². The normalized spacial score (nSPS) is 12.0. The molecule has 1 aromatic carbocycles. The number of nitro groups is 1. The smallest absolute Gasteiger partial charge is 0.311 e. The van der Waals surface area contributed by atoms with Gasteiger partial charge in [-0.15, -0.1) is 0 Å². The summed E-state index contributed by atoms with van der Waals surface area (Å²) in [7, 11) is 1.36. The van der Waals surface area contributed by atoms with Crippen LogP contribution in [-0.4, -0.2) is 33.8 Å². The zero-order valence-electron chi connectivity index (χ0n) is 15.3. The predicted molar refractivity (Wildman–Crippen MR) is 96.6 cm³/mol. The molecule has 0 aliphatic heterocycles. The van der Waals surface area contributed by atoms with Crippen LogP contribution in [0, 0.1) is 10.1 Å². The van der Waals surface area contributed by atoms with Crippen LogP contribution in [0.3, 0.4) is 0 Å². The second kappa shape index (κ2) is 7.34. The number of ether oxygens (including phenoxy) is 1. The van der Waals surface area contributed by atoms with Crippen molar-refractivity contribution in [3.8, 4) is 5.75 Å². The van der Waals surface area contributed by atoms with E-state index in [4.69, 9.17) is 4.74 Å². The van der Waals surface area contributed by atoms with Gasteiger partial charge >= 0.3 is 5.69 Å². The average Bonchev–Trinajstić information content (AvgIpc) is 3.09. The largest absolute Gasteiger partial charge is 0.490 e. The summed E-state index contributed by atoms with van der Waals surface area (Å²) in [6.07, 6.45) is 0. The molecular weight excluding hydrogens is 338 g/mol. The molecule has 2 rings (SSSR count). The fraction of sp³-hybridized carbons (Fsp3) is 0.353. The molecule has 0 radical (unpaired) electrons. The zero-order chi connectivity index (χ0) is 19.5. The third-order valence-corrected chi connectivity index (χ3v) is 3.74. The van der Waals surface area contributed by atoms with Crippen molar-refractivity contribution in [2.24, 2.45) is 5.10 Å². The quantitative estimate of drug-likeness (QED) is 0.483. The Morgan fingerprint density at radius 1 is 1.35 bits per heavy atom. The molecule has 26 heavy (non-hydrogen) atoms. The number of amides is 1. The molecule has 2 N–H and O–H groups in total. The second-order valence-electron chi connectivity index (χ2n) is 6.70. The van der Waals surface area contributed by atoms with E-state index in [0.29, 0.717) is 11.3 Å². The number of rotatable bonds is 5. The summed E-state index contributed by atoms with van der Waals surface area (Å²) in [5.41, 5.74) is 4.02. The van der Waals surface area contributed by atoms with Gasteiger partial charge in [0.15, 0.2) is 11.4 Å². The summed E-state index contributed by atoms with van der Waals surface area (Å²) in [5, 5.41) is 21.9. The van der Waals surface area contributed by atoms with Crippen molar-refractivity contribution < 1.29 is 14.5 Å². The maximum atomic E-state index is 12.2. The molecule has 1 heterocycles. The third-order valence-electron chi connectivity index (χ3n) is 3.74. The topological polar surface area (TPSA) is 123 Å². The van der Waals surface area contributed by atoms with E-state index < -0.39 is 10.8 Å². The third kappa shape index (κ3) is 4.24. The van der Waals surface area contributed by atoms with Gasteiger partial charge in [-0.3, -0.25) is 20.0 Å². The molecule has 0 bridgehead atoms. The number of nitro benzene ring substituents is 1. The summed E-state index contributed by atoms with van der Waals surface area (Å²) in [6.45, 7) is 7.64. The predicted octanol–water partition coefficient (Wildman–Crippen LogP) is 2.78. The van der Waals surface area contributed by atoms with Gasteiger partial charge in [0.25, 0.3) is 5.91 Å². The van der Waals surface area contributed by atoms with Gasteiger partial charge in [0.05, 0.1) is 17.7 Å². The SMILES string of the molecule is COc1ccc(/C(C)=N/NC(=O)c2cc(C(C)(C)C)[nH]n2)cc1[N+](=O)[O-]. The summed E-state index contributed by atoms with van der Waals surface area (Å²) in [6, 6.07) is 6.12. The van der Waals surface area contributed by atoms with Crippen molar-refractivity contribution in [3.05, 3.63) is 51.3 Å². The van der Waals surface area contributed by atoms with E-state index in [2.05, 4.69) is 20.7 Å². The van der Waals surface area contributed by atoms with Gasteiger partial charge in [-0.25, -0.2) is 5.43 Å². The lowest BCUT2D eigenvalue weighted by Crippen LogP contribution is -2.20. The van der Waals surface area contributed by atoms with Crippen LogP contribution in [-0.2, 0) is 5.41 Å². The molecule has 0 atom stereocenters. The van der Waals surface area contributed by atoms with Gasteiger partial charge < -0.3 is 4.74 Å². The fourth-order valence-electron chi connectivity index (χ4n) is 2.14. The van der Waals surface area contributed by atoms with Gasteiger partial charge in [-0.2, -0.15) is 10.2 Å².